The predicted molar refractivity (Wildman–Crippen MR) is 93.2 cm³/mol. The van der Waals surface area contributed by atoms with E-state index in [0.717, 1.165) is 17.3 Å². The minimum atomic E-state index is -0.0264. The van der Waals surface area contributed by atoms with E-state index in [1.807, 2.05) is 40.1 Å². The number of methoxy groups -OCH3 is 1. The molecule has 0 saturated carbocycles. The van der Waals surface area contributed by atoms with Crippen molar-refractivity contribution in [3.05, 3.63) is 42.1 Å². The Morgan fingerprint density at radius 3 is 3.04 bits per heavy atom. The van der Waals surface area contributed by atoms with Gasteiger partial charge in [0.1, 0.15) is 0 Å². The van der Waals surface area contributed by atoms with Gasteiger partial charge in [-0.3, -0.25) is 14.6 Å². The monoisotopic (exact) mass is 339 g/mol. The van der Waals surface area contributed by atoms with Crippen LogP contribution in [-0.2, 0) is 9.53 Å². The molecule has 0 unspecified atom stereocenters. The van der Waals surface area contributed by atoms with Gasteiger partial charge in [-0.1, -0.05) is 6.07 Å². The number of fused-ring (bicyclic) bond motifs is 2. The van der Waals surface area contributed by atoms with E-state index in [2.05, 4.69) is 4.98 Å². The summed E-state index contributed by atoms with van der Waals surface area (Å²) in [4.78, 5) is 33.4. The highest BCUT2D eigenvalue weighted by atomic mass is 16.5. The SMILES string of the molecule is COCCN1C(=O)C[C@@H]2[C@H]1CCN2C(=O)c1ccc2ncccc2c1. The number of likely N-dealkylation sites (tertiary alicyclic amines) is 2. The Morgan fingerprint density at radius 2 is 2.20 bits per heavy atom. The van der Waals surface area contributed by atoms with Crippen LogP contribution in [-0.4, -0.2) is 65.5 Å². The molecule has 1 aromatic heterocycles. The number of amides is 2. The topological polar surface area (TPSA) is 62.7 Å². The molecule has 0 radical (unpaired) electrons. The van der Waals surface area contributed by atoms with Crippen LogP contribution in [0.5, 0.6) is 0 Å². The normalized spacial score (nSPS) is 22.7. The Morgan fingerprint density at radius 1 is 1.32 bits per heavy atom. The van der Waals surface area contributed by atoms with Gasteiger partial charge < -0.3 is 14.5 Å². The first-order chi connectivity index (χ1) is 12.2. The number of rotatable bonds is 4. The van der Waals surface area contributed by atoms with Crippen LogP contribution in [0.2, 0.25) is 0 Å². The van der Waals surface area contributed by atoms with E-state index in [9.17, 15) is 9.59 Å². The second-order valence-electron chi connectivity index (χ2n) is 6.62. The first kappa shape index (κ1) is 16.0. The van der Waals surface area contributed by atoms with Crippen molar-refractivity contribution < 1.29 is 14.3 Å². The fourth-order valence-corrected chi connectivity index (χ4v) is 4.03. The molecular weight excluding hydrogens is 318 g/mol. The molecule has 2 aliphatic rings. The zero-order valence-electron chi connectivity index (χ0n) is 14.2. The van der Waals surface area contributed by atoms with Crippen molar-refractivity contribution in [1.82, 2.24) is 14.8 Å². The summed E-state index contributed by atoms with van der Waals surface area (Å²) < 4.78 is 5.10. The second kappa shape index (κ2) is 6.44. The highest BCUT2D eigenvalue weighted by Crippen LogP contribution is 2.33. The molecule has 1 aromatic carbocycles. The molecule has 4 rings (SSSR count). The van der Waals surface area contributed by atoms with Gasteiger partial charge in [0.25, 0.3) is 5.91 Å². The van der Waals surface area contributed by atoms with Gasteiger partial charge >= 0.3 is 0 Å². The maximum Gasteiger partial charge on any atom is 0.254 e. The highest BCUT2D eigenvalue weighted by molar-refractivity contribution is 5.99. The van der Waals surface area contributed by atoms with E-state index in [1.54, 1.807) is 13.3 Å². The molecule has 0 N–H and O–H groups in total. The van der Waals surface area contributed by atoms with E-state index < -0.39 is 0 Å². The summed E-state index contributed by atoms with van der Waals surface area (Å²) >= 11 is 0. The largest absolute Gasteiger partial charge is 0.383 e. The van der Waals surface area contributed by atoms with Crippen molar-refractivity contribution in [1.29, 1.82) is 0 Å². The minimum absolute atomic E-state index is 0.000329. The molecule has 130 valence electrons. The van der Waals surface area contributed by atoms with Crippen molar-refractivity contribution in [2.45, 2.75) is 24.9 Å². The van der Waals surface area contributed by atoms with E-state index in [1.165, 1.54) is 0 Å². The molecule has 2 saturated heterocycles. The van der Waals surface area contributed by atoms with Crippen LogP contribution < -0.4 is 0 Å². The van der Waals surface area contributed by atoms with Gasteiger partial charge in [0.15, 0.2) is 0 Å². The van der Waals surface area contributed by atoms with Crippen LogP contribution in [0.3, 0.4) is 0 Å². The van der Waals surface area contributed by atoms with Crippen molar-refractivity contribution in [2.24, 2.45) is 0 Å². The minimum Gasteiger partial charge on any atom is -0.383 e. The number of hydrogen-bond donors (Lipinski definition) is 0. The van der Waals surface area contributed by atoms with Crippen molar-refractivity contribution >= 4 is 22.7 Å². The second-order valence-corrected chi connectivity index (χ2v) is 6.62. The summed E-state index contributed by atoms with van der Waals surface area (Å²) in [5.41, 5.74) is 1.53. The first-order valence-electron chi connectivity index (χ1n) is 8.63. The number of carbonyl (C=O) groups excluding carboxylic acids is 2. The number of ether oxygens (including phenoxy) is 1. The van der Waals surface area contributed by atoms with Gasteiger partial charge in [-0.15, -0.1) is 0 Å². The highest BCUT2D eigenvalue weighted by Gasteiger charge is 2.48. The van der Waals surface area contributed by atoms with Gasteiger partial charge in [-0.05, 0) is 30.7 Å². The van der Waals surface area contributed by atoms with Crippen molar-refractivity contribution in [2.75, 3.05) is 26.8 Å². The number of carbonyl (C=O) groups is 2. The van der Waals surface area contributed by atoms with Crippen molar-refractivity contribution in [3.8, 4) is 0 Å². The molecule has 0 bridgehead atoms. The number of pyridine rings is 1. The molecule has 25 heavy (non-hydrogen) atoms. The number of hydrogen-bond acceptors (Lipinski definition) is 4. The smallest absolute Gasteiger partial charge is 0.254 e. The maximum atomic E-state index is 13.0. The molecule has 3 heterocycles. The summed E-state index contributed by atoms with van der Waals surface area (Å²) in [6.45, 7) is 1.82. The van der Waals surface area contributed by atoms with Gasteiger partial charge in [-0.25, -0.2) is 0 Å². The molecule has 0 aliphatic carbocycles. The van der Waals surface area contributed by atoms with Crippen LogP contribution in [0.25, 0.3) is 10.9 Å². The summed E-state index contributed by atoms with van der Waals surface area (Å²) in [5, 5.41) is 0.952. The third-order valence-electron chi connectivity index (χ3n) is 5.26. The number of nitrogens with zero attached hydrogens (tertiary/aromatic N) is 3. The lowest BCUT2D eigenvalue weighted by Gasteiger charge is -2.25. The van der Waals surface area contributed by atoms with Gasteiger partial charge in [0.2, 0.25) is 5.91 Å². The van der Waals surface area contributed by atoms with Crippen LogP contribution >= 0.6 is 0 Å². The quantitative estimate of drug-likeness (QED) is 0.850. The molecule has 0 spiro atoms. The summed E-state index contributed by atoms with van der Waals surface area (Å²) in [5.74, 6) is 0.118. The average Bonchev–Trinajstić information content (AvgIpc) is 3.17. The molecular formula is C19H21N3O3. The Kier molecular flexibility index (Phi) is 4.13. The molecule has 6 nitrogen and oxygen atoms in total. The molecule has 2 aromatic rings. The Bertz CT molecular complexity index is 822. The van der Waals surface area contributed by atoms with Crippen LogP contribution in [0.1, 0.15) is 23.2 Å². The van der Waals surface area contributed by atoms with Crippen LogP contribution in [0.4, 0.5) is 0 Å². The summed E-state index contributed by atoms with van der Waals surface area (Å²) in [7, 11) is 1.64. The van der Waals surface area contributed by atoms with Gasteiger partial charge in [0, 0.05) is 43.8 Å². The molecule has 2 atom stereocenters. The number of aromatic nitrogens is 1. The fourth-order valence-electron chi connectivity index (χ4n) is 4.03. The summed E-state index contributed by atoms with van der Waals surface area (Å²) in [6.07, 6.45) is 2.99. The van der Waals surface area contributed by atoms with Crippen molar-refractivity contribution in [3.63, 3.8) is 0 Å². The number of benzene rings is 1. The van der Waals surface area contributed by atoms with E-state index in [-0.39, 0.29) is 23.9 Å². The van der Waals surface area contributed by atoms with Crippen LogP contribution in [0.15, 0.2) is 36.5 Å². The standard InChI is InChI=1S/C19H21N3O3/c1-25-10-9-21-16-6-8-22(17(16)12-18(21)23)19(24)14-4-5-15-13(11-14)3-2-7-20-15/h2-5,7,11,16-17H,6,8-10,12H2,1H3/t16-,17-/m1/s1. The lowest BCUT2D eigenvalue weighted by molar-refractivity contribution is -0.129. The lowest BCUT2D eigenvalue weighted by Crippen LogP contribution is -2.40. The Hall–Kier alpha value is -2.47. The zero-order valence-corrected chi connectivity index (χ0v) is 14.2. The average molecular weight is 339 g/mol. The molecule has 6 heteroatoms. The summed E-state index contributed by atoms with van der Waals surface area (Å²) in [6, 6.07) is 9.50. The maximum absolute atomic E-state index is 13.0. The van der Waals surface area contributed by atoms with E-state index in [4.69, 9.17) is 4.74 Å². The zero-order chi connectivity index (χ0) is 17.4. The van der Waals surface area contributed by atoms with E-state index in [0.29, 0.717) is 31.7 Å². The Labute approximate surface area is 146 Å². The Balaban J connectivity index is 1.55. The lowest BCUT2D eigenvalue weighted by atomic mass is 10.1. The van der Waals surface area contributed by atoms with Gasteiger partial charge in [-0.2, -0.15) is 0 Å². The van der Waals surface area contributed by atoms with E-state index >= 15 is 0 Å². The third-order valence-corrected chi connectivity index (χ3v) is 5.26. The van der Waals surface area contributed by atoms with Gasteiger partial charge in [0.05, 0.1) is 24.2 Å². The molecule has 2 fully saturated rings. The van der Waals surface area contributed by atoms with Crippen LogP contribution in [0, 0.1) is 0 Å². The fraction of sp³-hybridized carbons (Fsp3) is 0.421. The third kappa shape index (κ3) is 2.76. The molecule has 2 aliphatic heterocycles. The molecule has 2 amide bonds. The predicted octanol–water partition coefficient (Wildman–Crippen LogP) is 1.70. The first-order valence-corrected chi connectivity index (χ1v) is 8.63.